The maximum Gasteiger partial charge on any atom is 0.235 e. The van der Waals surface area contributed by atoms with E-state index in [9.17, 15) is 10.2 Å². The molecule has 0 saturated carbocycles. The molecule has 0 aliphatic heterocycles. The van der Waals surface area contributed by atoms with Crippen molar-refractivity contribution in [2.45, 2.75) is 90.5 Å². The van der Waals surface area contributed by atoms with Crippen LogP contribution in [0.1, 0.15) is 81.6 Å². The summed E-state index contributed by atoms with van der Waals surface area (Å²) in [5.41, 5.74) is 4.55. The molecule has 0 bridgehead atoms. The Morgan fingerprint density at radius 1 is 0.403 bits per heavy atom. The standard InChI is InChI=1S/C61H62N2O4/c1-41-21-7-11-27-47(41)37-60(66,38-48-28-12-8-22-42(48)2)55(53-35-19-31-45-25-15-17-33-51(45)53)62-57(64)59(5,6)58(65)63-56(54-36-20-32-46-26-16-18-34-52(46)54)61(67,39-49-29-13-9-23-43(49)3)40-50-30-14-10-24-44(50)4/h7-36,55-56,66-67H,37-40H2,1-6H3,(H,62,64)(H,63,65)/t55-,56-/m0/s1. The van der Waals surface area contributed by atoms with Gasteiger partial charge < -0.3 is 20.8 Å². The molecule has 2 amide bonds. The molecule has 0 aromatic heterocycles. The molecular formula is C61H62N2O4. The van der Waals surface area contributed by atoms with E-state index < -0.39 is 40.5 Å². The molecule has 4 N–H and O–H groups in total. The molecule has 0 fully saturated rings. The molecule has 8 aromatic carbocycles. The van der Waals surface area contributed by atoms with Gasteiger partial charge in [0.25, 0.3) is 0 Å². The van der Waals surface area contributed by atoms with E-state index in [1.54, 1.807) is 13.8 Å². The fourth-order valence-corrected chi connectivity index (χ4v) is 9.82. The highest BCUT2D eigenvalue weighted by Crippen LogP contribution is 2.41. The Bertz CT molecular complexity index is 2750. The molecular weight excluding hydrogens is 825 g/mol. The Morgan fingerprint density at radius 3 is 0.985 bits per heavy atom. The average molecular weight is 887 g/mol. The van der Waals surface area contributed by atoms with E-state index in [4.69, 9.17) is 0 Å². The summed E-state index contributed by atoms with van der Waals surface area (Å²) >= 11 is 0. The first kappa shape index (κ1) is 46.7. The van der Waals surface area contributed by atoms with Crippen molar-refractivity contribution in [3.05, 3.63) is 238 Å². The molecule has 0 radical (unpaired) electrons. The summed E-state index contributed by atoms with van der Waals surface area (Å²) in [6, 6.07) is 58.0. The minimum Gasteiger partial charge on any atom is -0.387 e. The van der Waals surface area contributed by atoms with E-state index >= 15 is 9.59 Å². The molecule has 8 rings (SSSR count). The molecule has 6 heteroatoms. The third-order valence-corrected chi connectivity index (χ3v) is 14.1. The Hall–Kier alpha value is -6.86. The molecule has 0 aliphatic rings. The van der Waals surface area contributed by atoms with E-state index in [0.29, 0.717) is 0 Å². The highest BCUT2D eigenvalue weighted by molar-refractivity contribution is 6.05. The number of carbonyl (C=O) groups excluding carboxylic acids is 2. The smallest absolute Gasteiger partial charge is 0.235 e. The lowest BCUT2D eigenvalue weighted by molar-refractivity contribution is -0.145. The van der Waals surface area contributed by atoms with Gasteiger partial charge in [-0.25, -0.2) is 0 Å². The van der Waals surface area contributed by atoms with Gasteiger partial charge in [0, 0.05) is 25.7 Å². The SMILES string of the molecule is Cc1ccccc1CC(O)(Cc1ccccc1C)[C@@H](NC(=O)C(C)(C)C(=O)N[C@@H](c1cccc2ccccc12)C(O)(Cc1ccccc1C)Cc1ccccc1C)c1cccc2ccccc12. The van der Waals surface area contributed by atoms with Gasteiger partial charge in [0.05, 0.1) is 23.3 Å². The summed E-state index contributed by atoms with van der Waals surface area (Å²) in [5, 5.41) is 37.5. The summed E-state index contributed by atoms with van der Waals surface area (Å²) in [5.74, 6) is -1.12. The van der Waals surface area contributed by atoms with Gasteiger partial charge in [0.2, 0.25) is 11.8 Å². The summed E-state index contributed by atoms with van der Waals surface area (Å²) in [7, 11) is 0. The first-order valence-electron chi connectivity index (χ1n) is 23.4. The van der Waals surface area contributed by atoms with Crippen LogP contribution < -0.4 is 10.6 Å². The number of hydrogen-bond donors (Lipinski definition) is 4. The van der Waals surface area contributed by atoms with Gasteiger partial charge in [-0.2, -0.15) is 0 Å². The predicted molar refractivity (Wildman–Crippen MR) is 273 cm³/mol. The normalized spacial score (nSPS) is 13.0. The lowest BCUT2D eigenvalue weighted by atomic mass is 9.75. The number of aryl methyl sites for hydroxylation is 4. The van der Waals surface area contributed by atoms with Crippen molar-refractivity contribution in [3.63, 3.8) is 0 Å². The summed E-state index contributed by atoms with van der Waals surface area (Å²) in [4.78, 5) is 30.8. The van der Waals surface area contributed by atoms with Crippen molar-refractivity contribution in [1.82, 2.24) is 10.6 Å². The number of aliphatic hydroxyl groups is 2. The van der Waals surface area contributed by atoms with Gasteiger partial charge in [0.15, 0.2) is 0 Å². The van der Waals surface area contributed by atoms with E-state index in [-0.39, 0.29) is 25.7 Å². The van der Waals surface area contributed by atoms with Crippen LogP contribution in [0.3, 0.4) is 0 Å². The van der Waals surface area contributed by atoms with Crippen LogP contribution in [0.15, 0.2) is 182 Å². The first-order chi connectivity index (χ1) is 32.2. The molecule has 340 valence electrons. The zero-order chi connectivity index (χ0) is 47.3. The topological polar surface area (TPSA) is 98.7 Å². The van der Waals surface area contributed by atoms with Crippen LogP contribution in [0.25, 0.3) is 21.5 Å². The van der Waals surface area contributed by atoms with E-state index in [2.05, 4.69) is 10.6 Å². The van der Waals surface area contributed by atoms with Crippen LogP contribution in [-0.4, -0.2) is 33.2 Å². The van der Waals surface area contributed by atoms with Gasteiger partial charge in [-0.05, 0) is 119 Å². The Balaban J connectivity index is 1.24. The summed E-state index contributed by atoms with van der Waals surface area (Å²) in [6.07, 6.45) is 0.900. The number of carbonyl (C=O) groups is 2. The molecule has 0 spiro atoms. The first-order valence-corrected chi connectivity index (χ1v) is 23.4. The summed E-state index contributed by atoms with van der Waals surface area (Å²) in [6.45, 7) is 11.4. The second kappa shape index (κ2) is 19.5. The molecule has 8 aromatic rings. The van der Waals surface area contributed by atoms with Crippen LogP contribution in [0.2, 0.25) is 0 Å². The molecule has 67 heavy (non-hydrogen) atoms. The minimum absolute atomic E-state index is 0.225. The van der Waals surface area contributed by atoms with E-state index in [1.807, 2.05) is 210 Å². The van der Waals surface area contributed by atoms with Crippen molar-refractivity contribution in [2.75, 3.05) is 0 Å². The van der Waals surface area contributed by atoms with Crippen molar-refractivity contribution in [1.29, 1.82) is 0 Å². The minimum atomic E-state index is -1.70. The maximum absolute atomic E-state index is 15.4. The summed E-state index contributed by atoms with van der Waals surface area (Å²) < 4.78 is 0. The largest absolute Gasteiger partial charge is 0.387 e. The van der Waals surface area contributed by atoms with Gasteiger partial charge >= 0.3 is 0 Å². The van der Waals surface area contributed by atoms with Crippen molar-refractivity contribution >= 4 is 33.4 Å². The number of rotatable bonds is 16. The van der Waals surface area contributed by atoms with Crippen LogP contribution in [0.5, 0.6) is 0 Å². The molecule has 0 aliphatic carbocycles. The molecule has 0 unspecified atom stereocenters. The van der Waals surface area contributed by atoms with Crippen LogP contribution in [-0.2, 0) is 35.3 Å². The van der Waals surface area contributed by atoms with Gasteiger partial charge in [-0.3, -0.25) is 9.59 Å². The zero-order valence-electron chi connectivity index (χ0n) is 39.5. The second-order valence-electron chi connectivity index (χ2n) is 19.2. The quantitative estimate of drug-likeness (QED) is 0.0727. The Morgan fingerprint density at radius 2 is 0.672 bits per heavy atom. The fraction of sp³-hybridized carbons (Fsp3) is 0.246. The number of fused-ring (bicyclic) bond motifs is 2. The Kier molecular flexibility index (Phi) is 13.6. The lowest BCUT2D eigenvalue weighted by Crippen LogP contribution is -2.57. The fourth-order valence-electron chi connectivity index (χ4n) is 9.82. The average Bonchev–Trinajstić information content (AvgIpc) is 3.32. The van der Waals surface area contributed by atoms with Gasteiger partial charge in [0.1, 0.15) is 5.41 Å². The Labute approximate surface area is 395 Å². The van der Waals surface area contributed by atoms with E-state index in [0.717, 1.165) is 77.2 Å². The highest BCUT2D eigenvalue weighted by Gasteiger charge is 2.47. The van der Waals surface area contributed by atoms with Gasteiger partial charge in [-0.1, -0.05) is 182 Å². The van der Waals surface area contributed by atoms with Crippen molar-refractivity contribution < 1.29 is 19.8 Å². The van der Waals surface area contributed by atoms with Crippen molar-refractivity contribution in [3.8, 4) is 0 Å². The van der Waals surface area contributed by atoms with Crippen LogP contribution in [0, 0.1) is 33.1 Å². The second-order valence-corrected chi connectivity index (χ2v) is 19.2. The van der Waals surface area contributed by atoms with Crippen molar-refractivity contribution in [2.24, 2.45) is 5.41 Å². The van der Waals surface area contributed by atoms with Crippen LogP contribution in [0.4, 0.5) is 0 Å². The third-order valence-electron chi connectivity index (χ3n) is 14.1. The molecule has 2 atom stereocenters. The van der Waals surface area contributed by atoms with E-state index in [1.165, 1.54) is 0 Å². The third kappa shape index (κ3) is 9.97. The lowest BCUT2D eigenvalue weighted by Gasteiger charge is -2.41. The maximum atomic E-state index is 15.4. The molecule has 6 nitrogen and oxygen atoms in total. The number of amides is 2. The number of benzene rings is 8. The zero-order valence-corrected chi connectivity index (χ0v) is 39.5. The van der Waals surface area contributed by atoms with Crippen LogP contribution >= 0.6 is 0 Å². The monoisotopic (exact) mass is 886 g/mol. The van der Waals surface area contributed by atoms with Gasteiger partial charge in [-0.15, -0.1) is 0 Å². The molecule has 0 heterocycles. The predicted octanol–water partition coefficient (Wildman–Crippen LogP) is 11.7. The molecule has 0 saturated heterocycles. The number of hydrogen-bond acceptors (Lipinski definition) is 4. The highest BCUT2D eigenvalue weighted by atomic mass is 16.3. The number of nitrogens with one attached hydrogen (secondary N) is 2.